The summed E-state index contributed by atoms with van der Waals surface area (Å²) in [6.07, 6.45) is 7.87. The van der Waals surface area contributed by atoms with E-state index in [4.69, 9.17) is 11.2 Å². The molecule has 4 rings (SSSR count). The summed E-state index contributed by atoms with van der Waals surface area (Å²) < 4.78 is 5.45. The van der Waals surface area contributed by atoms with Crippen LogP contribution in [0.25, 0.3) is 0 Å². The SMILES string of the molecule is C#C[C@@H]1CN2CC[C@H]1C[C@@H]2CNC(=O)COc1ccccc1. The van der Waals surface area contributed by atoms with Gasteiger partial charge in [-0.3, -0.25) is 9.69 Å². The number of para-hydroxylation sites is 1. The lowest BCUT2D eigenvalue weighted by atomic mass is 9.76. The maximum atomic E-state index is 11.9. The van der Waals surface area contributed by atoms with Gasteiger partial charge in [-0.25, -0.2) is 0 Å². The zero-order valence-electron chi connectivity index (χ0n) is 12.7. The van der Waals surface area contributed by atoms with Gasteiger partial charge in [-0.2, -0.15) is 0 Å². The number of carbonyl (C=O) groups is 1. The topological polar surface area (TPSA) is 41.6 Å². The van der Waals surface area contributed by atoms with Crippen molar-refractivity contribution >= 4 is 5.91 Å². The van der Waals surface area contributed by atoms with Crippen LogP contribution in [0.5, 0.6) is 5.75 Å². The van der Waals surface area contributed by atoms with Crippen LogP contribution in [0.1, 0.15) is 12.8 Å². The maximum Gasteiger partial charge on any atom is 0.257 e. The molecule has 1 amide bonds. The molecule has 3 heterocycles. The number of terminal acetylenes is 1. The van der Waals surface area contributed by atoms with E-state index in [9.17, 15) is 4.79 Å². The van der Waals surface area contributed by atoms with Crippen molar-refractivity contribution in [2.75, 3.05) is 26.2 Å². The predicted molar refractivity (Wildman–Crippen MR) is 85.4 cm³/mol. The monoisotopic (exact) mass is 298 g/mol. The molecule has 0 radical (unpaired) electrons. The van der Waals surface area contributed by atoms with Crippen LogP contribution in [0, 0.1) is 24.2 Å². The highest BCUT2D eigenvalue weighted by Gasteiger charge is 2.39. The third-order valence-electron chi connectivity index (χ3n) is 4.74. The Morgan fingerprint density at radius 3 is 2.91 bits per heavy atom. The Bertz CT molecular complexity index is 552. The fourth-order valence-electron chi connectivity index (χ4n) is 3.49. The molecule has 1 aromatic carbocycles. The molecular weight excluding hydrogens is 276 g/mol. The number of benzene rings is 1. The van der Waals surface area contributed by atoms with Gasteiger partial charge in [0.25, 0.3) is 5.91 Å². The van der Waals surface area contributed by atoms with Gasteiger partial charge >= 0.3 is 0 Å². The van der Waals surface area contributed by atoms with Crippen LogP contribution < -0.4 is 10.1 Å². The van der Waals surface area contributed by atoms with Gasteiger partial charge in [0.05, 0.1) is 0 Å². The summed E-state index contributed by atoms with van der Waals surface area (Å²) in [5, 5.41) is 2.98. The molecule has 1 N–H and O–H groups in total. The molecule has 1 aromatic rings. The molecule has 0 spiro atoms. The molecule has 0 aliphatic carbocycles. The number of hydrogen-bond donors (Lipinski definition) is 1. The highest BCUT2D eigenvalue weighted by molar-refractivity contribution is 5.77. The van der Waals surface area contributed by atoms with Crippen LogP contribution in [0.15, 0.2) is 30.3 Å². The quantitative estimate of drug-likeness (QED) is 0.838. The van der Waals surface area contributed by atoms with Gasteiger partial charge in [0.1, 0.15) is 5.75 Å². The first-order chi connectivity index (χ1) is 10.8. The zero-order valence-corrected chi connectivity index (χ0v) is 12.7. The van der Waals surface area contributed by atoms with Crippen LogP contribution in [-0.4, -0.2) is 43.1 Å². The minimum absolute atomic E-state index is 0.0626. The number of fused-ring (bicyclic) bond motifs is 3. The van der Waals surface area contributed by atoms with E-state index in [1.807, 2.05) is 30.3 Å². The van der Waals surface area contributed by atoms with Gasteiger partial charge in [-0.15, -0.1) is 12.3 Å². The molecule has 2 bridgehead atoms. The fraction of sp³-hybridized carbons (Fsp3) is 0.500. The number of nitrogens with zero attached hydrogens (tertiary/aromatic N) is 1. The van der Waals surface area contributed by atoms with Gasteiger partial charge in [0, 0.05) is 25.0 Å². The number of carbonyl (C=O) groups excluding carboxylic acids is 1. The van der Waals surface area contributed by atoms with E-state index in [0.717, 1.165) is 25.3 Å². The smallest absolute Gasteiger partial charge is 0.257 e. The van der Waals surface area contributed by atoms with Crippen LogP contribution >= 0.6 is 0 Å². The molecule has 1 unspecified atom stereocenters. The number of amides is 1. The van der Waals surface area contributed by atoms with Crippen molar-refractivity contribution in [3.05, 3.63) is 30.3 Å². The molecule has 3 saturated heterocycles. The Morgan fingerprint density at radius 2 is 2.23 bits per heavy atom. The van der Waals surface area contributed by atoms with Crippen LogP contribution in [-0.2, 0) is 4.79 Å². The van der Waals surface area contributed by atoms with Crippen molar-refractivity contribution < 1.29 is 9.53 Å². The fourth-order valence-corrected chi connectivity index (χ4v) is 3.49. The first kappa shape index (κ1) is 14.9. The van der Waals surface area contributed by atoms with E-state index in [1.54, 1.807) is 0 Å². The summed E-state index contributed by atoms with van der Waals surface area (Å²) in [7, 11) is 0. The second-order valence-electron chi connectivity index (χ2n) is 6.11. The second kappa shape index (κ2) is 6.85. The van der Waals surface area contributed by atoms with E-state index in [1.165, 1.54) is 6.42 Å². The lowest BCUT2D eigenvalue weighted by Gasteiger charge is -2.48. The number of piperidine rings is 3. The minimum Gasteiger partial charge on any atom is -0.484 e. The minimum atomic E-state index is -0.0694. The molecule has 3 aliphatic rings. The summed E-state index contributed by atoms with van der Waals surface area (Å²) in [4.78, 5) is 14.3. The number of rotatable bonds is 5. The lowest BCUT2D eigenvalue weighted by Crippen LogP contribution is -2.56. The van der Waals surface area contributed by atoms with Crippen molar-refractivity contribution in [1.82, 2.24) is 10.2 Å². The van der Waals surface area contributed by atoms with Gasteiger partial charge < -0.3 is 10.1 Å². The predicted octanol–water partition coefficient (Wildman–Crippen LogP) is 1.53. The Balaban J connectivity index is 1.42. The van der Waals surface area contributed by atoms with Crippen molar-refractivity contribution in [1.29, 1.82) is 0 Å². The van der Waals surface area contributed by atoms with E-state index in [-0.39, 0.29) is 12.5 Å². The van der Waals surface area contributed by atoms with Crippen molar-refractivity contribution in [2.24, 2.45) is 11.8 Å². The Morgan fingerprint density at radius 1 is 1.41 bits per heavy atom. The van der Waals surface area contributed by atoms with Gasteiger partial charge in [0.15, 0.2) is 6.61 Å². The van der Waals surface area contributed by atoms with E-state index < -0.39 is 0 Å². The molecule has 4 nitrogen and oxygen atoms in total. The molecule has 116 valence electrons. The van der Waals surface area contributed by atoms with Crippen LogP contribution in [0.2, 0.25) is 0 Å². The summed E-state index contributed by atoms with van der Waals surface area (Å²) >= 11 is 0. The van der Waals surface area contributed by atoms with E-state index in [2.05, 4.69) is 16.1 Å². The molecule has 4 heteroatoms. The van der Waals surface area contributed by atoms with Gasteiger partial charge in [0.2, 0.25) is 0 Å². The summed E-state index contributed by atoms with van der Waals surface area (Å²) in [5.41, 5.74) is 0. The van der Waals surface area contributed by atoms with E-state index in [0.29, 0.717) is 24.4 Å². The Hall–Kier alpha value is -1.99. The second-order valence-corrected chi connectivity index (χ2v) is 6.11. The highest BCUT2D eigenvalue weighted by atomic mass is 16.5. The van der Waals surface area contributed by atoms with Crippen molar-refractivity contribution in [2.45, 2.75) is 18.9 Å². The number of nitrogens with one attached hydrogen (secondary N) is 1. The van der Waals surface area contributed by atoms with Crippen molar-refractivity contribution in [3.8, 4) is 18.1 Å². The maximum absolute atomic E-state index is 11.9. The van der Waals surface area contributed by atoms with Gasteiger partial charge in [-0.05, 0) is 37.4 Å². The number of ether oxygens (including phenoxy) is 1. The molecule has 22 heavy (non-hydrogen) atoms. The van der Waals surface area contributed by atoms with E-state index >= 15 is 0 Å². The zero-order chi connectivity index (χ0) is 15.4. The Labute approximate surface area is 131 Å². The molecule has 3 fully saturated rings. The molecule has 3 aliphatic heterocycles. The van der Waals surface area contributed by atoms with Crippen molar-refractivity contribution in [3.63, 3.8) is 0 Å². The summed E-state index contributed by atoms with van der Waals surface area (Å²) in [6, 6.07) is 9.81. The molecule has 0 saturated carbocycles. The highest BCUT2D eigenvalue weighted by Crippen LogP contribution is 2.35. The first-order valence-electron chi connectivity index (χ1n) is 7.91. The first-order valence-corrected chi connectivity index (χ1v) is 7.91. The lowest BCUT2D eigenvalue weighted by molar-refractivity contribution is -0.123. The van der Waals surface area contributed by atoms with Crippen LogP contribution in [0.3, 0.4) is 0 Å². The summed E-state index contributed by atoms with van der Waals surface area (Å²) in [5.74, 6) is 4.57. The largest absolute Gasteiger partial charge is 0.484 e. The standard InChI is InChI=1S/C18H22N2O2/c1-2-14-12-20-9-8-15(14)10-16(20)11-19-18(21)13-22-17-6-4-3-5-7-17/h1,3-7,14-16H,8-13H2,(H,19,21)/t14-,15+,16-/m1/s1. The average Bonchev–Trinajstić information content (AvgIpc) is 2.59. The number of hydrogen-bond acceptors (Lipinski definition) is 3. The molecule has 4 atom stereocenters. The van der Waals surface area contributed by atoms with Crippen LogP contribution in [0.4, 0.5) is 0 Å². The Kier molecular flexibility index (Phi) is 4.65. The molecule has 0 aromatic heterocycles. The average molecular weight is 298 g/mol. The van der Waals surface area contributed by atoms with Gasteiger partial charge in [-0.1, -0.05) is 18.2 Å². The third kappa shape index (κ3) is 3.42. The normalized spacial score (nSPS) is 29.6. The summed E-state index contributed by atoms with van der Waals surface area (Å²) in [6.45, 7) is 2.82. The molecular formula is C18H22N2O2. The third-order valence-corrected chi connectivity index (χ3v) is 4.74.